The minimum Gasteiger partial charge on any atom is -0.330 e. The van der Waals surface area contributed by atoms with Crippen LogP contribution in [0.25, 0.3) is 0 Å². The number of aryl methyl sites for hydroxylation is 1. The summed E-state index contributed by atoms with van der Waals surface area (Å²) in [5.74, 6) is -0.305. The second-order valence-corrected chi connectivity index (χ2v) is 10.0. The molecule has 33 heavy (non-hydrogen) atoms. The van der Waals surface area contributed by atoms with E-state index in [1.165, 1.54) is 17.0 Å². The molecule has 0 spiro atoms. The monoisotopic (exact) mass is 464 g/mol. The zero-order valence-corrected chi connectivity index (χ0v) is 20.1. The lowest BCUT2D eigenvalue weighted by atomic mass is 9.93. The van der Waals surface area contributed by atoms with Crippen molar-refractivity contribution in [2.45, 2.75) is 33.2 Å². The van der Waals surface area contributed by atoms with Crippen molar-refractivity contribution in [2.75, 3.05) is 19.6 Å². The summed E-state index contributed by atoms with van der Waals surface area (Å²) in [6.45, 7) is 7.15. The van der Waals surface area contributed by atoms with Crippen molar-refractivity contribution in [3.63, 3.8) is 0 Å². The normalized spacial score (nSPS) is 15.4. The van der Waals surface area contributed by atoms with Gasteiger partial charge in [0.2, 0.25) is 5.91 Å². The average Bonchev–Trinajstić information content (AvgIpc) is 3.27. The molecule has 2 heterocycles. The van der Waals surface area contributed by atoms with E-state index in [1.54, 1.807) is 28.4 Å². The first kappa shape index (κ1) is 23.2. The molecule has 1 aliphatic rings. The number of fused-ring (bicyclic) bond motifs is 1. The molecular weight excluding hydrogens is 435 g/mol. The molecular formula is C27H29FN2O2S. The van der Waals surface area contributed by atoms with Crippen LogP contribution in [0.15, 0.2) is 60.0 Å². The zero-order valence-electron chi connectivity index (χ0n) is 19.3. The molecule has 172 valence electrons. The molecule has 0 aliphatic carbocycles. The van der Waals surface area contributed by atoms with Gasteiger partial charge in [0.15, 0.2) is 0 Å². The van der Waals surface area contributed by atoms with Crippen LogP contribution in [0.2, 0.25) is 0 Å². The number of nitrogens with zero attached hydrogens (tertiary/aromatic N) is 2. The Labute approximate surface area is 198 Å². The molecule has 2 amide bonds. The number of benzene rings is 2. The van der Waals surface area contributed by atoms with E-state index < -0.39 is 0 Å². The van der Waals surface area contributed by atoms with Gasteiger partial charge in [-0.25, -0.2) is 4.39 Å². The van der Waals surface area contributed by atoms with Gasteiger partial charge in [0, 0.05) is 23.5 Å². The highest BCUT2D eigenvalue weighted by Crippen LogP contribution is 2.38. The van der Waals surface area contributed by atoms with Gasteiger partial charge in [0.05, 0.1) is 6.04 Å². The number of hydrogen-bond acceptors (Lipinski definition) is 3. The first-order valence-corrected chi connectivity index (χ1v) is 12.2. The second-order valence-electron chi connectivity index (χ2n) is 9.04. The number of rotatable bonds is 6. The van der Waals surface area contributed by atoms with E-state index in [9.17, 15) is 14.0 Å². The lowest BCUT2D eigenvalue weighted by Crippen LogP contribution is -2.47. The van der Waals surface area contributed by atoms with Crippen molar-refractivity contribution in [1.82, 2.24) is 9.80 Å². The maximum absolute atomic E-state index is 13.6. The summed E-state index contributed by atoms with van der Waals surface area (Å²) in [4.78, 5) is 31.6. The second kappa shape index (κ2) is 9.87. The Morgan fingerprint density at radius 2 is 1.79 bits per heavy atom. The van der Waals surface area contributed by atoms with Gasteiger partial charge in [-0.1, -0.05) is 43.7 Å². The highest BCUT2D eigenvalue weighted by atomic mass is 32.1. The Bertz CT molecular complexity index is 1120. The Morgan fingerprint density at radius 1 is 1.09 bits per heavy atom. The molecule has 0 fully saturated rings. The molecule has 0 bridgehead atoms. The maximum Gasteiger partial charge on any atom is 0.254 e. The smallest absolute Gasteiger partial charge is 0.254 e. The molecule has 1 unspecified atom stereocenters. The Balaban J connectivity index is 1.61. The fourth-order valence-electron chi connectivity index (χ4n) is 4.38. The lowest BCUT2D eigenvalue weighted by molar-refractivity contribution is -0.134. The quantitative estimate of drug-likeness (QED) is 0.486. The summed E-state index contributed by atoms with van der Waals surface area (Å²) in [6.07, 6.45) is 0.784. The average molecular weight is 465 g/mol. The minimum absolute atomic E-state index is 0.0159. The van der Waals surface area contributed by atoms with Crippen molar-refractivity contribution >= 4 is 23.2 Å². The third-order valence-electron chi connectivity index (χ3n) is 5.97. The van der Waals surface area contributed by atoms with Crippen molar-refractivity contribution in [3.05, 3.63) is 92.9 Å². The van der Waals surface area contributed by atoms with Crippen LogP contribution >= 0.6 is 11.3 Å². The van der Waals surface area contributed by atoms with Crippen LogP contribution in [0.1, 0.15) is 51.8 Å². The van der Waals surface area contributed by atoms with E-state index in [0.29, 0.717) is 18.7 Å². The summed E-state index contributed by atoms with van der Waals surface area (Å²) < 4.78 is 13.6. The Morgan fingerprint density at radius 3 is 2.45 bits per heavy atom. The summed E-state index contributed by atoms with van der Waals surface area (Å²) >= 11 is 1.69. The highest BCUT2D eigenvalue weighted by molar-refractivity contribution is 7.10. The predicted octanol–water partition coefficient (Wildman–Crippen LogP) is 5.47. The molecule has 0 radical (unpaired) electrons. The molecule has 1 aliphatic heterocycles. The molecule has 0 saturated carbocycles. The van der Waals surface area contributed by atoms with E-state index in [1.807, 2.05) is 55.3 Å². The van der Waals surface area contributed by atoms with Crippen LogP contribution in [-0.4, -0.2) is 41.2 Å². The summed E-state index contributed by atoms with van der Waals surface area (Å²) in [5.41, 5.74) is 3.64. The van der Waals surface area contributed by atoms with Crippen molar-refractivity contribution in [3.8, 4) is 0 Å². The van der Waals surface area contributed by atoms with Crippen LogP contribution in [0.3, 0.4) is 0 Å². The number of carbonyl (C=O) groups excluding carboxylic acids is 2. The fourth-order valence-corrected chi connectivity index (χ4v) is 5.29. The number of halogens is 1. The topological polar surface area (TPSA) is 40.6 Å². The van der Waals surface area contributed by atoms with Crippen LogP contribution in [-0.2, 0) is 11.2 Å². The van der Waals surface area contributed by atoms with E-state index in [0.717, 1.165) is 23.1 Å². The van der Waals surface area contributed by atoms with Crippen molar-refractivity contribution in [2.24, 2.45) is 5.92 Å². The van der Waals surface area contributed by atoms with E-state index >= 15 is 0 Å². The molecule has 2 aromatic carbocycles. The number of carbonyl (C=O) groups is 2. The SMILES string of the molecule is Cc1ccc(C(=O)N(CC(=O)N2CCc3sccc3C2c2ccc(F)cc2)CC(C)C)cc1. The van der Waals surface area contributed by atoms with Gasteiger partial charge in [0.25, 0.3) is 5.91 Å². The van der Waals surface area contributed by atoms with Gasteiger partial charge >= 0.3 is 0 Å². The van der Waals surface area contributed by atoms with Crippen LogP contribution in [0, 0.1) is 18.7 Å². The molecule has 1 atom stereocenters. The molecule has 4 nitrogen and oxygen atoms in total. The van der Waals surface area contributed by atoms with Gasteiger partial charge in [-0.15, -0.1) is 11.3 Å². The Kier molecular flexibility index (Phi) is 6.94. The number of thiophene rings is 1. The largest absolute Gasteiger partial charge is 0.330 e. The van der Waals surface area contributed by atoms with Crippen molar-refractivity contribution in [1.29, 1.82) is 0 Å². The first-order chi connectivity index (χ1) is 15.8. The third kappa shape index (κ3) is 5.17. The van der Waals surface area contributed by atoms with Crippen LogP contribution in [0.5, 0.6) is 0 Å². The van der Waals surface area contributed by atoms with Gasteiger partial charge in [0.1, 0.15) is 12.4 Å². The van der Waals surface area contributed by atoms with Crippen LogP contribution in [0.4, 0.5) is 4.39 Å². The number of hydrogen-bond donors (Lipinski definition) is 0. The Hall–Kier alpha value is -2.99. The highest BCUT2D eigenvalue weighted by Gasteiger charge is 2.34. The standard InChI is InChI=1S/C27H29FN2O2S/c1-18(2)16-29(27(32)21-6-4-19(3)5-7-21)17-25(31)30-14-12-24-23(13-15-33-24)26(30)20-8-10-22(28)11-9-20/h4-11,13,15,18,26H,12,14,16-17H2,1-3H3. The minimum atomic E-state index is -0.301. The van der Waals surface area contributed by atoms with E-state index in [-0.39, 0.29) is 36.1 Å². The van der Waals surface area contributed by atoms with Gasteiger partial charge in [-0.3, -0.25) is 9.59 Å². The molecule has 0 saturated heterocycles. The van der Waals surface area contributed by atoms with Crippen molar-refractivity contribution < 1.29 is 14.0 Å². The summed E-state index contributed by atoms with van der Waals surface area (Å²) in [5, 5.41) is 2.04. The summed E-state index contributed by atoms with van der Waals surface area (Å²) in [6, 6.07) is 15.6. The molecule has 1 aromatic heterocycles. The fraction of sp³-hybridized carbons (Fsp3) is 0.333. The van der Waals surface area contributed by atoms with Gasteiger partial charge in [-0.2, -0.15) is 0 Å². The van der Waals surface area contributed by atoms with Gasteiger partial charge < -0.3 is 9.80 Å². The lowest BCUT2D eigenvalue weighted by Gasteiger charge is -2.38. The molecule has 6 heteroatoms. The maximum atomic E-state index is 13.6. The molecule has 0 N–H and O–H groups in total. The van der Waals surface area contributed by atoms with E-state index in [2.05, 4.69) is 6.07 Å². The number of amides is 2. The third-order valence-corrected chi connectivity index (χ3v) is 6.97. The molecule has 3 aromatic rings. The zero-order chi connectivity index (χ0) is 23.5. The summed E-state index contributed by atoms with van der Waals surface area (Å²) in [7, 11) is 0. The van der Waals surface area contributed by atoms with Crippen LogP contribution < -0.4 is 0 Å². The van der Waals surface area contributed by atoms with Gasteiger partial charge in [-0.05, 0) is 66.1 Å². The van der Waals surface area contributed by atoms with E-state index in [4.69, 9.17) is 0 Å². The predicted molar refractivity (Wildman–Crippen MR) is 130 cm³/mol. The first-order valence-electron chi connectivity index (χ1n) is 11.3. The molecule has 4 rings (SSSR count).